The van der Waals surface area contributed by atoms with Gasteiger partial charge < -0.3 is 10.6 Å². The van der Waals surface area contributed by atoms with E-state index >= 15 is 0 Å². The molecular formula is C21H19N3OS2. The highest BCUT2D eigenvalue weighted by Crippen LogP contribution is 2.30. The molecule has 2 aromatic heterocycles. The highest BCUT2D eigenvalue weighted by atomic mass is 32.1. The Morgan fingerprint density at radius 2 is 1.81 bits per heavy atom. The maximum atomic E-state index is 12.2. The number of nitrogens with zero attached hydrogens (tertiary/aromatic N) is 1. The molecule has 4 nitrogen and oxygen atoms in total. The maximum Gasteiger partial charge on any atom is 0.315 e. The fourth-order valence-corrected chi connectivity index (χ4v) is 4.74. The van der Waals surface area contributed by atoms with Gasteiger partial charge in [-0.2, -0.15) is 0 Å². The Labute approximate surface area is 165 Å². The van der Waals surface area contributed by atoms with Gasteiger partial charge in [0.15, 0.2) is 0 Å². The summed E-state index contributed by atoms with van der Waals surface area (Å²) in [6.45, 7) is 2.96. The second kappa shape index (κ2) is 7.90. The first-order valence-corrected chi connectivity index (χ1v) is 10.4. The number of nitrogens with one attached hydrogen (secondary N) is 2. The highest BCUT2D eigenvalue weighted by Gasteiger charge is 2.11. The normalized spacial score (nSPS) is 10.9. The van der Waals surface area contributed by atoms with Crippen molar-refractivity contribution in [3.63, 3.8) is 0 Å². The molecule has 2 N–H and O–H groups in total. The minimum atomic E-state index is -0.173. The van der Waals surface area contributed by atoms with Crippen LogP contribution in [0, 0.1) is 6.92 Å². The van der Waals surface area contributed by atoms with Gasteiger partial charge in [-0.25, -0.2) is 9.78 Å². The number of hydrogen-bond donors (Lipinski definition) is 2. The van der Waals surface area contributed by atoms with Gasteiger partial charge in [-0.15, -0.1) is 22.7 Å². The third-order valence-electron chi connectivity index (χ3n) is 4.35. The van der Waals surface area contributed by atoms with Crippen LogP contribution in [0.5, 0.6) is 0 Å². The summed E-state index contributed by atoms with van der Waals surface area (Å²) in [5.74, 6) is 0. The second-order valence-electron chi connectivity index (χ2n) is 6.18. The van der Waals surface area contributed by atoms with Crippen LogP contribution in [0.4, 0.5) is 4.79 Å². The van der Waals surface area contributed by atoms with E-state index < -0.39 is 0 Å². The maximum absolute atomic E-state index is 12.2. The van der Waals surface area contributed by atoms with Crippen molar-refractivity contribution in [3.05, 3.63) is 76.1 Å². The van der Waals surface area contributed by atoms with Crippen molar-refractivity contribution < 1.29 is 4.79 Å². The molecule has 0 unspecified atom stereocenters. The van der Waals surface area contributed by atoms with Gasteiger partial charge in [0.25, 0.3) is 0 Å². The topological polar surface area (TPSA) is 54.0 Å². The lowest BCUT2D eigenvalue weighted by Crippen LogP contribution is -2.34. The van der Waals surface area contributed by atoms with Crippen LogP contribution in [0.25, 0.3) is 20.7 Å². The molecule has 0 fully saturated rings. The molecule has 0 aliphatic rings. The van der Waals surface area contributed by atoms with Gasteiger partial charge in [-0.05, 0) is 34.7 Å². The van der Waals surface area contributed by atoms with Crippen molar-refractivity contribution in [2.75, 3.05) is 0 Å². The number of benzene rings is 2. The molecule has 0 bridgehead atoms. The molecule has 0 saturated carbocycles. The van der Waals surface area contributed by atoms with Gasteiger partial charge in [0.1, 0.15) is 5.01 Å². The van der Waals surface area contributed by atoms with Gasteiger partial charge in [-0.1, -0.05) is 48.5 Å². The third kappa shape index (κ3) is 4.02. The Bertz CT molecular complexity index is 1060. The number of carbonyl (C=O) groups excluding carboxylic acids is 1. The summed E-state index contributed by atoms with van der Waals surface area (Å²) in [5.41, 5.74) is 2.08. The summed E-state index contributed by atoms with van der Waals surface area (Å²) in [7, 11) is 0. The number of fused-ring (bicyclic) bond motifs is 1. The van der Waals surface area contributed by atoms with Crippen molar-refractivity contribution in [1.29, 1.82) is 0 Å². The van der Waals surface area contributed by atoms with Crippen LogP contribution < -0.4 is 10.6 Å². The molecule has 6 heteroatoms. The lowest BCUT2D eigenvalue weighted by Gasteiger charge is -2.09. The third-order valence-corrected chi connectivity index (χ3v) is 6.55. The molecule has 136 valence electrons. The molecule has 2 aromatic carbocycles. The van der Waals surface area contributed by atoms with Crippen LogP contribution >= 0.6 is 22.7 Å². The minimum Gasteiger partial charge on any atom is -0.334 e. The zero-order chi connectivity index (χ0) is 18.6. The Balaban J connectivity index is 1.36. The number of rotatable bonds is 5. The highest BCUT2D eigenvalue weighted by molar-refractivity contribution is 7.21. The van der Waals surface area contributed by atoms with Gasteiger partial charge >= 0.3 is 6.03 Å². The van der Waals surface area contributed by atoms with Crippen molar-refractivity contribution in [2.24, 2.45) is 0 Å². The van der Waals surface area contributed by atoms with E-state index in [2.05, 4.69) is 39.9 Å². The Kier molecular flexibility index (Phi) is 5.18. The molecule has 2 heterocycles. The standard InChI is InChI=1S/C21H19N3OS2/c1-14-19(27-20(24-14)18-10-5-11-26-18)13-23-21(25)22-12-16-8-4-7-15-6-2-3-9-17(15)16/h2-11H,12-13H2,1H3,(H2,22,23,25). The molecule has 27 heavy (non-hydrogen) atoms. The Hall–Kier alpha value is -2.70. The van der Waals surface area contributed by atoms with E-state index in [1.165, 1.54) is 10.8 Å². The van der Waals surface area contributed by atoms with Crippen molar-refractivity contribution in [3.8, 4) is 9.88 Å². The number of urea groups is 1. The van der Waals surface area contributed by atoms with Gasteiger partial charge in [0, 0.05) is 11.4 Å². The van der Waals surface area contributed by atoms with Crippen LogP contribution in [-0.4, -0.2) is 11.0 Å². The zero-order valence-electron chi connectivity index (χ0n) is 14.9. The summed E-state index contributed by atoms with van der Waals surface area (Å²) in [6, 6.07) is 18.3. The van der Waals surface area contributed by atoms with E-state index in [0.29, 0.717) is 13.1 Å². The average molecular weight is 394 g/mol. The van der Waals surface area contributed by atoms with E-state index in [9.17, 15) is 4.79 Å². The van der Waals surface area contributed by atoms with Crippen LogP contribution in [0.3, 0.4) is 0 Å². The molecular weight excluding hydrogens is 374 g/mol. The van der Waals surface area contributed by atoms with Crippen molar-refractivity contribution >= 4 is 39.5 Å². The van der Waals surface area contributed by atoms with E-state index in [4.69, 9.17) is 0 Å². The van der Waals surface area contributed by atoms with E-state index in [0.717, 1.165) is 26.0 Å². The first-order valence-electron chi connectivity index (χ1n) is 8.69. The molecule has 0 radical (unpaired) electrons. The van der Waals surface area contributed by atoms with Gasteiger partial charge in [-0.3, -0.25) is 0 Å². The molecule has 4 aromatic rings. The first-order chi connectivity index (χ1) is 13.2. The van der Waals surface area contributed by atoms with Crippen LogP contribution in [-0.2, 0) is 13.1 Å². The van der Waals surface area contributed by atoms with Gasteiger partial charge in [0.05, 0.1) is 17.1 Å². The number of carbonyl (C=O) groups is 1. The molecule has 0 spiro atoms. The zero-order valence-corrected chi connectivity index (χ0v) is 16.5. The lowest BCUT2D eigenvalue weighted by atomic mass is 10.0. The summed E-state index contributed by atoms with van der Waals surface area (Å²) in [6.07, 6.45) is 0. The van der Waals surface area contributed by atoms with Gasteiger partial charge in [0.2, 0.25) is 0 Å². The number of hydrogen-bond acceptors (Lipinski definition) is 4. The molecule has 0 aliphatic carbocycles. The number of amides is 2. The fraction of sp³-hybridized carbons (Fsp3) is 0.143. The largest absolute Gasteiger partial charge is 0.334 e. The van der Waals surface area contributed by atoms with E-state index in [1.54, 1.807) is 22.7 Å². The molecule has 2 amide bonds. The summed E-state index contributed by atoms with van der Waals surface area (Å²) in [5, 5.41) is 11.3. The van der Waals surface area contributed by atoms with Crippen LogP contribution in [0.2, 0.25) is 0 Å². The number of thiazole rings is 1. The Morgan fingerprint density at radius 1 is 1.00 bits per heavy atom. The van der Waals surface area contributed by atoms with Crippen molar-refractivity contribution in [1.82, 2.24) is 15.6 Å². The average Bonchev–Trinajstić information content (AvgIpc) is 3.34. The summed E-state index contributed by atoms with van der Waals surface area (Å²) < 4.78 is 0. The molecule has 4 rings (SSSR count). The first kappa shape index (κ1) is 17.7. The van der Waals surface area contributed by atoms with Crippen LogP contribution in [0.15, 0.2) is 60.0 Å². The minimum absolute atomic E-state index is 0.173. The molecule has 0 saturated heterocycles. The second-order valence-corrected chi connectivity index (χ2v) is 8.21. The molecule has 0 aliphatic heterocycles. The smallest absolute Gasteiger partial charge is 0.315 e. The Morgan fingerprint density at radius 3 is 2.67 bits per heavy atom. The SMILES string of the molecule is Cc1nc(-c2cccs2)sc1CNC(=O)NCc1cccc2ccccc12. The lowest BCUT2D eigenvalue weighted by molar-refractivity contribution is 0.240. The quantitative estimate of drug-likeness (QED) is 0.481. The monoisotopic (exact) mass is 393 g/mol. The van der Waals surface area contributed by atoms with Crippen LogP contribution in [0.1, 0.15) is 16.1 Å². The van der Waals surface area contributed by atoms with E-state index in [-0.39, 0.29) is 6.03 Å². The summed E-state index contributed by atoms with van der Waals surface area (Å²) in [4.78, 5) is 19.1. The predicted octanol–water partition coefficient (Wildman–Crippen LogP) is 5.33. The summed E-state index contributed by atoms with van der Waals surface area (Å²) >= 11 is 3.31. The van der Waals surface area contributed by atoms with E-state index in [1.807, 2.05) is 42.6 Å². The number of thiophene rings is 1. The number of aromatic nitrogens is 1. The molecule has 0 atom stereocenters. The van der Waals surface area contributed by atoms with Crippen molar-refractivity contribution in [2.45, 2.75) is 20.0 Å². The predicted molar refractivity (Wildman–Crippen MR) is 113 cm³/mol. The fourth-order valence-electron chi connectivity index (χ4n) is 2.94. The number of aryl methyl sites for hydroxylation is 1.